The molecule has 0 bridgehead atoms. The lowest BCUT2D eigenvalue weighted by atomic mass is 10.3. The van der Waals surface area contributed by atoms with Crippen molar-refractivity contribution in [2.75, 3.05) is 39.5 Å². The van der Waals surface area contributed by atoms with Crippen LogP contribution >= 0.6 is 0 Å². The summed E-state index contributed by atoms with van der Waals surface area (Å²) in [4.78, 5) is 2.35. The standard InChI is InChI=1S/C10H23NO2/c1-3-11(7-5-6-9-12)8-10-13-4-2/h12H,3-10H2,1-2H3. The minimum Gasteiger partial charge on any atom is -0.396 e. The molecule has 0 unspecified atom stereocenters. The first-order valence-corrected chi connectivity index (χ1v) is 5.26. The van der Waals surface area contributed by atoms with Crippen molar-refractivity contribution in [2.24, 2.45) is 0 Å². The van der Waals surface area contributed by atoms with Crippen LogP contribution in [0.15, 0.2) is 0 Å². The first-order valence-electron chi connectivity index (χ1n) is 5.26. The van der Waals surface area contributed by atoms with Crippen LogP contribution in [-0.4, -0.2) is 49.5 Å². The van der Waals surface area contributed by atoms with Gasteiger partial charge in [-0.25, -0.2) is 0 Å². The van der Waals surface area contributed by atoms with Gasteiger partial charge < -0.3 is 14.7 Å². The van der Waals surface area contributed by atoms with E-state index in [-0.39, 0.29) is 0 Å². The van der Waals surface area contributed by atoms with Crippen molar-refractivity contribution in [1.82, 2.24) is 4.90 Å². The summed E-state index contributed by atoms with van der Waals surface area (Å²) >= 11 is 0. The molecule has 0 aliphatic heterocycles. The van der Waals surface area contributed by atoms with E-state index in [0.717, 1.165) is 45.7 Å². The normalized spacial score (nSPS) is 11.1. The number of hydrogen-bond acceptors (Lipinski definition) is 3. The predicted molar refractivity (Wildman–Crippen MR) is 54.9 cm³/mol. The first-order chi connectivity index (χ1) is 6.35. The lowest BCUT2D eigenvalue weighted by Gasteiger charge is -2.19. The highest BCUT2D eigenvalue weighted by Gasteiger charge is 2.00. The van der Waals surface area contributed by atoms with Gasteiger partial charge in [-0.05, 0) is 32.9 Å². The molecular formula is C10H23NO2. The van der Waals surface area contributed by atoms with Gasteiger partial charge in [0.15, 0.2) is 0 Å². The Hall–Kier alpha value is -0.120. The third-order valence-corrected chi connectivity index (χ3v) is 2.09. The Morgan fingerprint density at radius 3 is 2.46 bits per heavy atom. The molecule has 0 aromatic carbocycles. The number of nitrogens with zero attached hydrogens (tertiary/aromatic N) is 1. The summed E-state index contributed by atoms with van der Waals surface area (Å²) in [6.07, 6.45) is 1.99. The molecule has 0 amide bonds. The van der Waals surface area contributed by atoms with Crippen molar-refractivity contribution in [3.05, 3.63) is 0 Å². The van der Waals surface area contributed by atoms with E-state index in [2.05, 4.69) is 11.8 Å². The highest BCUT2D eigenvalue weighted by Crippen LogP contribution is 1.94. The van der Waals surface area contributed by atoms with Gasteiger partial charge in [0.25, 0.3) is 0 Å². The molecule has 0 heterocycles. The maximum Gasteiger partial charge on any atom is 0.0593 e. The molecule has 0 atom stereocenters. The minimum absolute atomic E-state index is 0.309. The predicted octanol–water partition coefficient (Wildman–Crippen LogP) is 1.12. The van der Waals surface area contributed by atoms with Gasteiger partial charge in [-0.15, -0.1) is 0 Å². The summed E-state index contributed by atoms with van der Waals surface area (Å²) in [6.45, 7) is 9.26. The van der Waals surface area contributed by atoms with Gasteiger partial charge in [0, 0.05) is 19.8 Å². The number of likely N-dealkylation sites (N-methyl/N-ethyl adjacent to an activating group) is 1. The average Bonchev–Trinajstić information content (AvgIpc) is 2.16. The topological polar surface area (TPSA) is 32.7 Å². The second-order valence-corrected chi connectivity index (χ2v) is 3.06. The smallest absolute Gasteiger partial charge is 0.0593 e. The number of unbranched alkanes of at least 4 members (excludes halogenated alkanes) is 1. The number of rotatable bonds is 9. The van der Waals surface area contributed by atoms with Gasteiger partial charge >= 0.3 is 0 Å². The van der Waals surface area contributed by atoms with Gasteiger partial charge in [0.2, 0.25) is 0 Å². The van der Waals surface area contributed by atoms with E-state index in [1.54, 1.807) is 0 Å². The average molecular weight is 189 g/mol. The quantitative estimate of drug-likeness (QED) is 0.552. The molecule has 0 fully saturated rings. The van der Waals surface area contributed by atoms with Crippen molar-refractivity contribution in [2.45, 2.75) is 26.7 Å². The van der Waals surface area contributed by atoms with Crippen LogP contribution in [0.3, 0.4) is 0 Å². The maximum atomic E-state index is 8.62. The molecule has 0 radical (unpaired) electrons. The highest BCUT2D eigenvalue weighted by atomic mass is 16.5. The second kappa shape index (κ2) is 9.96. The van der Waals surface area contributed by atoms with Gasteiger partial charge in [-0.2, -0.15) is 0 Å². The van der Waals surface area contributed by atoms with E-state index in [1.165, 1.54) is 0 Å². The monoisotopic (exact) mass is 189 g/mol. The summed E-state index contributed by atoms with van der Waals surface area (Å²) in [5.74, 6) is 0. The van der Waals surface area contributed by atoms with E-state index >= 15 is 0 Å². The Morgan fingerprint density at radius 1 is 1.15 bits per heavy atom. The number of aliphatic hydroxyl groups excluding tert-OH is 1. The molecule has 0 spiro atoms. The molecule has 0 saturated heterocycles. The molecule has 0 aromatic rings. The van der Waals surface area contributed by atoms with Crippen molar-refractivity contribution < 1.29 is 9.84 Å². The molecule has 1 N–H and O–H groups in total. The Morgan fingerprint density at radius 2 is 1.92 bits per heavy atom. The molecule has 0 rings (SSSR count). The number of ether oxygens (including phenoxy) is 1. The maximum absolute atomic E-state index is 8.62. The first kappa shape index (κ1) is 12.9. The van der Waals surface area contributed by atoms with Crippen molar-refractivity contribution in [1.29, 1.82) is 0 Å². The molecule has 0 aromatic heterocycles. The van der Waals surface area contributed by atoms with Gasteiger partial charge in [-0.3, -0.25) is 0 Å². The summed E-state index contributed by atoms with van der Waals surface area (Å²) < 4.78 is 5.28. The number of aliphatic hydroxyl groups is 1. The van der Waals surface area contributed by atoms with Crippen LogP contribution in [0, 0.1) is 0 Å². The van der Waals surface area contributed by atoms with Crippen LogP contribution in [0.2, 0.25) is 0 Å². The third-order valence-electron chi connectivity index (χ3n) is 2.09. The van der Waals surface area contributed by atoms with Crippen LogP contribution in [-0.2, 0) is 4.74 Å². The fourth-order valence-corrected chi connectivity index (χ4v) is 1.21. The fraction of sp³-hybridized carbons (Fsp3) is 1.00. The Labute approximate surface area is 81.7 Å². The van der Waals surface area contributed by atoms with Gasteiger partial charge in [-0.1, -0.05) is 6.92 Å². The third kappa shape index (κ3) is 8.22. The number of hydrogen-bond donors (Lipinski definition) is 1. The van der Waals surface area contributed by atoms with Gasteiger partial charge in [0.1, 0.15) is 0 Å². The second-order valence-electron chi connectivity index (χ2n) is 3.06. The lowest BCUT2D eigenvalue weighted by molar-refractivity contribution is 0.114. The zero-order chi connectivity index (χ0) is 9.94. The van der Waals surface area contributed by atoms with Crippen molar-refractivity contribution >= 4 is 0 Å². The van der Waals surface area contributed by atoms with E-state index in [0.29, 0.717) is 6.61 Å². The highest BCUT2D eigenvalue weighted by molar-refractivity contribution is 4.54. The molecule has 0 saturated carbocycles. The fourth-order valence-electron chi connectivity index (χ4n) is 1.21. The summed E-state index contributed by atoms with van der Waals surface area (Å²) in [5.41, 5.74) is 0. The van der Waals surface area contributed by atoms with E-state index in [4.69, 9.17) is 9.84 Å². The SMILES string of the molecule is CCOCCN(CC)CCCCO. The van der Waals surface area contributed by atoms with Gasteiger partial charge in [0.05, 0.1) is 6.61 Å². The van der Waals surface area contributed by atoms with Crippen LogP contribution in [0.25, 0.3) is 0 Å². The molecule has 3 heteroatoms. The van der Waals surface area contributed by atoms with Crippen molar-refractivity contribution in [3.8, 4) is 0 Å². The van der Waals surface area contributed by atoms with Crippen LogP contribution < -0.4 is 0 Å². The van der Waals surface area contributed by atoms with Crippen LogP contribution in [0.4, 0.5) is 0 Å². The molecule has 3 nitrogen and oxygen atoms in total. The van der Waals surface area contributed by atoms with Crippen molar-refractivity contribution in [3.63, 3.8) is 0 Å². The van der Waals surface area contributed by atoms with E-state index in [9.17, 15) is 0 Å². The largest absolute Gasteiger partial charge is 0.396 e. The van der Waals surface area contributed by atoms with Crippen LogP contribution in [0.1, 0.15) is 26.7 Å². The molecular weight excluding hydrogens is 166 g/mol. The lowest BCUT2D eigenvalue weighted by Crippen LogP contribution is -2.28. The zero-order valence-electron chi connectivity index (χ0n) is 8.96. The summed E-state index contributed by atoms with van der Waals surface area (Å²) in [6, 6.07) is 0. The summed E-state index contributed by atoms with van der Waals surface area (Å²) in [5, 5.41) is 8.62. The van der Waals surface area contributed by atoms with Crippen LogP contribution in [0.5, 0.6) is 0 Å². The van der Waals surface area contributed by atoms with E-state index in [1.807, 2.05) is 6.92 Å². The molecule has 0 aliphatic carbocycles. The Kier molecular flexibility index (Phi) is 9.87. The Bertz CT molecular complexity index is 88.9. The molecule has 13 heavy (non-hydrogen) atoms. The molecule has 80 valence electrons. The minimum atomic E-state index is 0.309. The Balaban J connectivity index is 3.28. The summed E-state index contributed by atoms with van der Waals surface area (Å²) in [7, 11) is 0. The zero-order valence-corrected chi connectivity index (χ0v) is 8.96. The molecule has 0 aliphatic rings. The van der Waals surface area contributed by atoms with E-state index < -0.39 is 0 Å².